The van der Waals surface area contributed by atoms with Crippen LogP contribution in [0.3, 0.4) is 0 Å². The van der Waals surface area contributed by atoms with Gasteiger partial charge < -0.3 is 10.2 Å². The van der Waals surface area contributed by atoms with Crippen LogP contribution >= 0.6 is 0 Å². The van der Waals surface area contributed by atoms with Crippen LogP contribution < -0.4 is 15.6 Å². The summed E-state index contributed by atoms with van der Waals surface area (Å²) in [4.78, 5) is 14.4. The molecule has 1 saturated heterocycles. The zero-order valence-corrected chi connectivity index (χ0v) is 15.5. The van der Waals surface area contributed by atoms with Crippen LogP contribution in [0.15, 0.2) is 47.6 Å². The van der Waals surface area contributed by atoms with Gasteiger partial charge in [0.1, 0.15) is 0 Å². The number of urea groups is 1. The van der Waals surface area contributed by atoms with E-state index in [9.17, 15) is 4.79 Å². The minimum Gasteiger partial charge on any atom is -0.372 e. The molecule has 0 bridgehead atoms. The van der Waals surface area contributed by atoms with Gasteiger partial charge in [-0.1, -0.05) is 18.2 Å². The van der Waals surface area contributed by atoms with E-state index in [1.807, 2.05) is 38.1 Å². The molecule has 2 N–H and O–H groups in total. The molecule has 1 fully saturated rings. The Morgan fingerprint density at radius 2 is 1.65 bits per heavy atom. The van der Waals surface area contributed by atoms with Gasteiger partial charge in [0.25, 0.3) is 0 Å². The lowest BCUT2D eigenvalue weighted by Gasteiger charge is -2.28. The summed E-state index contributed by atoms with van der Waals surface area (Å²) in [6.07, 6.45) is 5.52. The normalized spacial score (nSPS) is 14.5. The lowest BCUT2D eigenvalue weighted by atomic mass is 10.1. The van der Waals surface area contributed by atoms with Gasteiger partial charge >= 0.3 is 6.03 Å². The maximum atomic E-state index is 11.9. The topological polar surface area (TPSA) is 56.7 Å². The Bertz CT molecular complexity index is 757. The largest absolute Gasteiger partial charge is 0.372 e. The van der Waals surface area contributed by atoms with E-state index < -0.39 is 0 Å². The summed E-state index contributed by atoms with van der Waals surface area (Å²) in [6.45, 7) is 6.27. The van der Waals surface area contributed by atoms with Gasteiger partial charge in [-0.3, -0.25) is 0 Å². The summed E-state index contributed by atoms with van der Waals surface area (Å²) in [7, 11) is 0. The minimum absolute atomic E-state index is 0.351. The minimum atomic E-state index is -0.351. The maximum Gasteiger partial charge on any atom is 0.339 e. The van der Waals surface area contributed by atoms with Gasteiger partial charge in [-0.2, -0.15) is 5.10 Å². The lowest BCUT2D eigenvalue weighted by molar-refractivity contribution is 0.252. The number of anilines is 2. The standard InChI is InChI=1S/C21H26N4O/c1-16-12-17(2)14-19(13-16)23-21(26)24-22-15-18-6-8-20(9-7-18)25-10-4-3-5-11-25/h6-9,12-15H,3-5,10-11H2,1-2H3,(H2,23,24,26)/b22-15-. The molecule has 0 aromatic heterocycles. The first kappa shape index (κ1) is 18.0. The van der Waals surface area contributed by atoms with Gasteiger partial charge in [0.2, 0.25) is 0 Å². The summed E-state index contributed by atoms with van der Waals surface area (Å²) >= 11 is 0. The number of amides is 2. The van der Waals surface area contributed by atoms with Crippen LogP contribution in [0.2, 0.25) is 0 Å². The van der Waals surface area contributed by atoms with Crippen molar-refractivity contribution in [2.24, 2.45) is 5.10 Å². The summed E-state index contributed by atoms with van der Waals surface area (Å²) in [5, 5.41) is 6.82. The van der Waals surface area contributed by atoms with Gasteiger partial charge in [0.15, 0.2) is 0 Å². The summed E-state index contributed by atoms with van der Waals surface area (Å²) in [5.74, 6) is 0. The summed E-state index contributed by atoms with van der Waals surface area (Å²) in [5.41, 5.74) is 7.70. The molecule has 5 heteroatoms. The molecule has 0 atom stereocenters. The van der Waals surface area contributed by atoms with Crippen molar-refractivity contribution in [3.8, 4) is 0 Å². The second-order valence-electron chi connectivity index (χ2n) is 6.84. The third kappa shape index (κ3) is 5.09. The molecular weight excluding hydrogens is 324 g/mol. The van der Waals surface area contributed by atoms with Crippen molar-refractivity contribution in [3.63, 3.8) is 0 Å². The van der Waals surface area contributed by atoms with E-state index in [4.69, 9.17) is 0 Å². The Kier molecular flexibility index (Phi) is 5.89. The zero-order valence-electron chi connectivity index (χ0n) is 15.5. The van der Waals surface area contributed by atoms with Crippen LogP contribution in [0.4, 0.5) is 16.2 Å². The smallest absolute Gasteiger partial charge is 0.339 e. The molecule has 5 nitrogen and oxygen atoms in total. The number of carbonyl (C=O) groups excluding carboxylic acids is 1. The monoisotopic (exact) mass is 350 g/mol. The first-order valence-corrected chi connectivity index (χ1v) is 9.13. The van der Waals surface area contributed by atoms with E-state index in [1.54, 1.807) is 6.21 Å². The Balaban J connectivity index is 1.52. The molecule has 136 valence electrons. The zero-order chi connectivity index (χ0) is 18.4. The highest BCUT2D eigenvalue weighted by Gasteiger charge is 2.10. The molecule has 1 heterocycles. The van der Waals surface area contributed by atoms with Crippen molar-refractivity contribution in [3.05, 3.63) is 59.2 Å². The molecule has 0 saturated carbocycles. The highest BCUT2D eigenvalue weighted by atomic mass is 16.2. The van der Waals surface area contributed by atoms with Gasteiger partial charge in [-0.05, 0) is 74.1 Å². The first-order chi connectivity index (χ1) is 12.6. The molecule has 2 aromatic rings. The van der Waals surface area contributed by atoms with Crippen LogP contribution in [0.1, 0.15) is 36.0 Å². The fourth-order valence-electron chi connectivity index (χ4n) is 3.29. The third-order valence-corrected chi connectivity index (χ3v) is 4.47. The SMILES string of the molecule is Cc1cc(C)cc(NC(=O)N/N=C\c2ccc(N3CCCCC3)cc2)c1. The Morgan fingerprint density at radius 3 is 2.31 bits per heavy atom. The highest BCUT2D eigenvalue weighted by Crippen LogP contribution is 2.19. The second-order valence-corrected chi connectivity index (χ2v) is 6.84. The number of nitrogens with one attached hydrogen (secondary N) is 2. The van der Waals surface area contributed by atoms with E-state index in [2.05, 4.69) is 38.9 Å². The molecule has 2 amide bonds. The molecule has 0 spiro atoms. The Morgan fingerprint density at radius 1 is 1.00 bits per heavy atom. The number of hydrazone groups is 1. The Hall–Kier alpha value is -2.82. The Labute approximate surface area is 155 Å². The maximum absolute atomic E-state index is 11.9. The number of rotatable bonds is 4. The molecule has 1 aliphatic rings. The van der Waals surface area contributed by atoms with E-state index in [0.717, 1.165) is 35.5 Å². The van der Waals surface area contributed by atoms with Gasteiger partial charge in [0, 0.05) is 24.5 Å². The van der Waals surface area contributed by atoms with Crippen molar-refractivity contribution >= 4 is 23.6 Å². The van der Waals surface area contributed by atoms with Crippen LogP contribution in [0, 0.1) is 13.8 Å². The van der Waals surface area contributed by atoms with Crippen LogP contribution in [0.25, 0.3) is 0 Å². The van der Waals surface area contributed by atoms with Gasteiger partial charge in [-0.25, -0.2) is 10.2 Å². The number of nitrogens with zero attached hydrogens (tertiary/aromatic N) is 2. The van der Waals surface area contributed by atoms with Gasteiger partial charge in [-0.15, -0.1) is 0 Å². The predicted molar refractivity (Wildman–Crippen MR) is 108 cm³/mol. The van der Waals surface area contributed by atoms with Crippen LogP contribution in [0.5, 0.6) is 0 Å². The number of hydrogen-bond donors (Lipinski definition) is 2. The number of piperidine rings is 1. The van der Waals surface area contributed by atoms with Crippen molar-refractivity contribution in [1.29, 1.82) is 0 Å². The average molecular weight is 350 g/mol. The van der Waals surface area contributed by atoms with E-state index >= 15 is 0 Å². The second kappa shape index (κ2) is 8.52. The number of aryl methyl sites for hydroxylation is 2. The molecule has 1 aliphatic heterocycles. The summed E-state index contributed by atoms with van der Waals surface area (Å²) < 4.78 is 0. The van der Waals surface area contributed by atoms with Crippen molar-refractivity contribution in [2.75, 3.05) is 23.3 Å². The van der Waals surface area contributed by atoms with Crippen LogP contribution in [-0.2, 0) is 0 Å². The average Bonchev–Trinajstić information content (AvgIpc) is 2.62. The number of carbonyl (C=O) groups is 1. The van der Waals surface area contributed by atoms with Gasteiger partial charge in [0.05, 0.1) is 6.21 Å². The third-order valence-electron chi connectivity index (χ3n) is 4.47. The number of benzene rings is 2. The van der Waals surface area contributed by atoms with Crippen LogP contribution in [-0.4, -0.2) is 25.3 Å². The fourth-order valence-corrected chi connectivity index (χ4v) is 3.29. The molecule has 3 rings (SSSR count). The van der Waals surface area contributed by atoms with Crippen molar-refractivity contribution < 1.29 is 4.79 Å². The summed E-state index contributed by atoms with van der Waals surface area (Å²) in [6, 6.07) is 13.8. The fraction of sp³-hybridized carbons (Fsp3) is 0.333. The number of hydrogen-bond acceptors (Lipinski definition) is 3. The molecule has 2 aromatic carbocycles. The molecule has 26 heavy (non-hydrogen) atoms. The van der Waals surface area contributed by atoms with E-state index in [-0.39, 0.29) is 6.03 Å². The highest BCUT2D eigenvalue weighted by molar-refractivity contribution is 5.90. The first-order valence-electron chi connectivity index (χ1n) is 9.13. The van der Waals surface area contributed by atoms with E-state index in [1.165, 1.54) is 24.9 Å². The molecule has 0 aliphatic carbocycles. The molecule has 0 radical (unpaired) electrons. The van der Waals surface area contributed by atoms with Crippen molar-refractivity contribution in [2.45, 2.75) is 33.1 Å². The van der Waals surface area contributed by atoms with Crippen molar-refractivity contribution in [1.82, 2.24) is 5.43 Å². The van der Waals surface area contributed by atoms with E-state index in [0.29, 0.717) is 0 Å². The molecular formula is C21H26N4O. The lowest BCUT2D eigenvalue weighted by Crippen LogP contribution is -2.29. The predicted octanol–water partition coefficient (Wildman–Crippen LogP) is 4.45. The molecule has 0 unspecified atom stereocenters. The quantitative estimate of drug-likeness (QED) is 0.632.